The van der Waals surface area contributed by atoms with Crippen molar-refractivity contribution in [3.05, 3.63) is 29.8 Å². The smallest absolute Gasteiger partial charge is 0.338 e. The summed E-state index contributed by atoms with van der Waals surface area (Å²) in [4.78, 5) is 11.7. The lowest BCUT2D eigenvalue weighted by molar-refractivity contribution is 0.0505. The SMILES string of the molecule is CCCOC(=O)c1ccc(NC2CCCNCC2)cc1. The van der Waals surface area contributed by atoms with Crippen LogP contribution in [0.5, 0.6) is 0 Å². The predicted octanol–water partition coefficient (Wildman–Crippen LogP) is 2.81. The van der Waals surface area contributed by atoms with Crippen molar-refractivity contribution in [1.82, 2.24) is 5.32 Å². The van der Waals surface area contributed by atoms with Gasteiger partial charge in [-0.1, -0.05) is 6.92 Å². The van der Waals surface area contributed by atoms with Crippen LogP contribution in [0.3, 0.4) is 0 Å². The van der Waals surface area contributed by atoms with Gasteiger partial charge >= 0.3 is 5.97 Å². The Hall–Kier alpha value is -1.55. The molecule has 1 heterocycles. The summed E-state index contributed by atoms with van der Waals surface area (Å²) in [5.74, 6) is -0.239. The Balaban J connectivity index is 1.88. The topological polar surface area (TPSA) is 50.4 Å². The van der Waals surface area contributed by atoms with Crippen LogP contribution < -0.4 is 10.6 Å². The molecule has 1 saturated heterocycles. The van der Waals surface area contributed by atoms with E-state index in [2.05, 4.69) is 10.6 Å². The van der Waals surface area contributed by atoms with Crippen molar-refractivity contribution in [1.29, 1.82) is 0 Å². The van der Waals surface area contributed by atoms with Crippen LogP contribution in [0.25, 0.3) is 0 Å². The molecule has 20 heavy (non-hydrogen) atoms. The molecular weight excluding hydrogens is 252 g/mol. The van der Waals surface area contributed by atoms with Crippen LogP contribution in [-0.4, -0.2) is 31.7 Å². The Morgan fingerprint density at radius 2 is 2.10 bits per heavy atom. The van der Waals surface area contributed by atoms with Gasteiger partial charge in [-0.15, -0.1) is 0 Å². The first-order valence-corrected chi connectivity index (χ1v) is 7.54. The molecule has 0 aliphatic carbocycles. The van der Waals surface area contributed by atoms with Crippen molar-refractivity contribution >= 4 is 11.7 Å². The molecule has 4 nitrogen and oxygen atoms in total. The molecule has 2 N–H and O–H groups in total. The molecular formula is C16H24N2O2. The Kier molecular flexibility index (Phi) is 5.87. The van der Waals surface area contributed by atoms with Crippen molar-refractivity contribution in [3.63, 3.8) is 0 Å². The van der Waals surface area contributed by atoms with E-state index < -0.39 is 0 Å². The molecule has 0 aromatic heterocycles. The Bertz CT molecular complexity index is 409. The van der Waals surface area contributed by atoms with Gasteiger partial charge in [-0.2, -0.15) is 0 Å². The van der Waals surface area contributed by atoms with E-state index in [1.54, 1.807) is 0 Å². The lowest BCUT2D eigenvalue weighted by atomic mass is 10.1. The van der Waals surface area contributed by atoms with Gasteiger partial charge in [-0.05, 0) is 63.0 Å². The summed E-state index contributed by atoms with van der Waals surface area (Å²) in [6.45, 7) is 4.65. The minimum atomic E-state index is -0.239. The fraction of sp³-hybridized carbons (Fsp3) is 0.562. The van der Waals surface area contributed by atoms with Crippen LogP contribution in [0.2, 0.25) is 0 Å². The van der Waals surface area contributed by atoms with Crippen molar-refractivity contribution in [3.8, 4) is 0 Å². The zero-order valence-corrected chi connectivity index (χ0v) is 12.2. The van der Waals surface area contributed by atoms with Crippen LogP contribution in [0.1, 0.15) is 43.0 Å². The summed E-state index contributed by atoms with van der Waals surface area (Å²) in [7, 11) is 0. The van der Waals surface area contributed by atoms with Crippen LogP contribution in [0.15, 0.2) is 24.3 Å². The number of hydrogen-bond donors (Lipinski definition) is 2. The zero-order chi connectivity index (χ0) is 14.2. The number of rotatable bonds is 5. The van der Waals surface area contributed by atoms with Gasteiger partial charge < -0.3 is 15.4 Å². The largest absolute Gasteiger partial charge is 0.462 e. The number of esters is 1. The number of hydrogen-bond acceptors (Lipinski definition) is 4. The second kappa shape index (κ2) is 7.90. The average molecular weight is 276 g/mol. The van der Waals surface area contributed by atoms with E-state index in [0.717, 1.165) is 31.6 Å². The van der Waals surface area contributed by atoms with Crippen LogP contribution >= 0.6 is 0 Å². The molecule has 0 spiro atoms. The first kappa shape index (κ1) is 14.9. The number of benzene rings is 1. The second-order valence-corrected chi connectivity index (χ2v) is 5.24. The summed E-state index contributed by atoms with van der Waals surface area (Å²) < 4.78 is 5.12. The molecule has 1 aromatic rings. The van der Waals surface area contributed by atoms with Gasteiger partial charge in [0.15, 0.2) is 0 Å². The third-order valence-corrected chi connectivity index (χ3v) is 3.50. The van der Waals surface area contributed by atoms with Gasteiger partial charge in [0.25, 0.3) is 0 Å². The van der Waals surface area contributed by atoms with E-state index in [1.807, 2.05) is 31.2 Å². The molecule has 1 aromatic carbocycles. The van der Waals surface area contributed by atoms with E-state index >= 15 is 0 Å². The molecule has 0 bridgehead atoms. The highest BCUT2D eigenvalue weighted by atomic mass is 16.5. The Labute approximate surface area is 120 Å². The molecule has 1 aliphatic rings. The molecule has 1 unspecified atom stereocenters. The van der Waals surface area contributed by atoms with Crippen molar-refractivity contribution in [2.45, 2.75) is 38.6 Å². The van der Waals surface area contributed by atoms with Crippen molar-refractivity contribution in [2.75, 3.05) is 25.0 Å². The molecule has 1 atom stereocenters. The molecule has 1 fully saturated rings. The first-order chi connectivity index (χ1) is 9.79. The average Bonchev–Trinajstić information content (AvgIpc) is 2.74. The highest BCUT2D eigenvalue weighted by Gasteiger charge is 2.12. The number of anilines is 1. The van der Waals surface area contributed by atoms with Crippen molar-refractivity contribution < 1.29 is 9.53 Å². The number of nitrogens with one attached hydrogen (secondary N) is 2. The summed E-state index contributed by atoms with van der Waals surface area (Å²) in [6.07, 6.45) is 4.38. The summed E-state index contributed by atoms with van der Waals surface area (Å²) in [5.41, 5.74) is 1.69. The van der Waals surface area contributed by atoms with E-state index in [0.29, 0.717) is 18.2 Å². The Morgan fingerprint density at radius 3 is 2.85 bits per heavy atom. The molecule has 2 rings (SSSR count). The van der Waals surface area contributed by atoms with Crippen molar-refractivity contribution in [2.24, 2.45) is 0 Å². The molecule has 0 amide bonds. The van der Waals surface area contributed by atoms with E-state index in [-0.39, 0.29) is 5.97 Å². The van der Waals surface area contributed by atoms with Gasteiger partial charge in [0.1, 0.15) is 0 Å². The fourth-order valence-corrected chi connectivity index (χ4v) is 2.38. The van der Waals surface area contributed by atoms with Gasteiger partial charge in [0.2, 0.25) is 0 Å². The fourth-order valence-electron chi connectivity index (χ4n) is 2.38. The number of ether oxygens (including phenoxy) is 1. The quantitative estimate of drug-likeness (QED) is 0.812. The molecule has 4 heteroatoms. The summed E-state index contributed by atoms with van der Waals surface area (Å²) in [6, 6.07) is 8.09. The maximum atomic E-state index is 11.7. The van der Waals surface area contributed by atoms with E-state index in [1.165, 1.54) is 12.8 Å². The Morgan fingerprint density at radius 1 is 1.30 bits per heavy atom. The maximum Gasteiger partial charge on any atom is 0.338 e. The van der Waals surface area contributed by atoms with Gasteiger partial charge in [0.05, 0.1) is 12.2 Å². The minimum absolute atomic E-state index is 0.239. The second-order valence-electron chi connectivity index (χ2n) is 5.24. The first-order valence-electron chi connectivity index (χ1n) is 7.54. The summed E-state index contributed by atoms with van der Waals surface area (Å²) in [5, 5.41) is 6.94. The van der Waals surface area contributed by atoms with E-state index in [4.69, 9.17) is 4.74 Å². The highest BCUT2D eigenvalue weighted by Crippen LogP contribution is 2.16. The zero-order valence-electron chi connectivity index (χ0n) is 12.2. The van der Waals surface area contributed by atoms with Gasteiger partial charge in [-0.3, -0.25) is 0 Å². The lowest BCUT2D eigenvalue weighted by Crippen LogP contribution is -2.21. The third kappa shape index (κ3) is 4.53. The third-order valence-electron chi connectivity index (χ3n) is 3.50. The van der Waals surface area contributed by atoms with E-state index in [9.17, 15) is 4.79 Å². The maximum absolute atomic E-state index is 11.7. The van der Waals surface area contributed by atoms with Gasteiger partial charge in [0, 0.05) is 11.7 Å². The molecule has 1 aliphatic heterocycles. The minimum Gasteiger partial charge on any atom is -0.462 e. The standard InChI is InChI=1S/C16H24N2O2/c1-2-12-20-16(19)13-5-7-15(8-6-13)18-14-4-3-10-17-11-9-14/h5-8,14,17-18H,2-4,9-12H2,1H3. The number of carbonyl (C=O) groups excluding carboxylic acids is 1. The predicted molar refractivity (Wildman–Crippen MR) is 81.1 cm³/mol. The molecule has 0 saturated carbocycles. The van der Waals surface area contributed by atoms with Gasteiger partial charge in [-0.25, -0.2) is 4.79 Å². The summed E-state index contributed by atoms with van der Waals surface area (Å²) >= 11 is 0. The van der Waals surface area contributed by atoms with Crippen LogP contribution in [0, 0.1) is 0 Å². The highest BCUT2D eigenvalue weighted by molar-refractivity contribution is 5.89. The van der Waals surface area contributed by atoms with Crippen LogP contribution in [0.4, 0.5) is 5.69 Å². The normalized spacial score (nSPS) is 19.1. The molecule has 110 valence electrons. The van der Waals surface area contributed by atoms with Crippen LogP contribution in [-0.2, 0) is 4.74 Å². The lowest BCUT2D eigenvalue weighted by Gasteiger charge is -2.17. The monoisotopic (exact) mass is 276 g/mol. The molecule has 0 radical (unpaired) electrons. The number of carbonyl (C=O) groups is 1.